The van der Waals surface area contributed by atoms with Crippen LogP contribution >= 0.6 is 0 Å². The van der Waals surface area contributed by atoms with Gasteiger partial charge in [-0.25, -0.2) is 8.42 Å². The molecule has 3 aromatic rings. The number of hydrogen-bond donors (Lipinski definition) is 1. The Morgan fingerprint density at radius 3 is 2.00 bits per heavy atom. The van der Waals surface area contributed by atoms with Crippen molar-refractivity contribution in [1.29, 1.82) is 0 Å². The fraction of sp³-hybridized carbons (Fsp3) is 0.355. The zero-order valence-corrected chi connectivity index (χ0v) is 24.2. The Labute approximate surface area is 232 Å². The summed E-state index contributed by atoms with van der Waals surface area (Å²) in [6, 6.07) is 22.1. The van der Waals surface area contributed by atoms with E-state index in [9.17, 15) is 18.0 Å². The molecule has 0 fully saturated rings. The van der Waals surface area contributed by atoms with Crippen molar-refractivity contribution in [2.45, 2.75) is 71.0 Å². The van der Waals surface area contributed by atoms with Crippen molar-refractivity contribution in [3.63, 3.8) is 0 Å². The fourth-order valence-corrected chi connectivity index (χ4v) is 5.52. The number of carbonyl (C=O) groups is 2. The second-order valence-electron chi connectivity index (χ2n) is 9.85. The molecule has 0 aliphatic heterocycles. The van der Waals surface area contributed by atoms with E-state index >= 15 is 0 Å². The van der Waals surface area contributed by atoms with Crippen LogP contribution < -0.4 is 9.62 Å². The minimum atomic E-state index is -4.06. The lowest BCUT2D eigenvalue weighted by molar-refractivity contribution is -0.139. The van der Waals surface area contributed by atoms with Crippen molar-refractivity contribution in [3.8, 4) is 0 Å². The molecule has 2 amide bonds. The third kappa shape index (κ3) is 7.69. The van der Waals surface area contributed by atoms with Gasteiger partial charge in [0.2, 0.25) is 11.8 Å². The zero-order chi connectivity index (χ0) is 28.6. The molecular weight excluding hydrogens is 510 g/mol. The first kappa shape index (κ1) is 29.9. The van der Waals surface area contributed by atoms with Crippen LogP contribution in [0.15, 0.2) is 83.8 Å². The Morgan fingerprint density at radius 1 is 0.846 bits per heavy atom. The number of sulfonamides is 1. The molecule has 0 bridgehead atoms. The van der Waals surface area contributed by atoms with Crippen LogP contribution in [-0.4, -0.2) is 43.8 Å². The molecule has 3 aromatic carbocycles. The Bertz CT molecular complexity index is 1340. The standard InChI is InChI=1S/C31H39N3O4S/c1-6-24(4)32-31(36)25(5)33(21-27-15-13-23(3)14-16-27)30(35)22-34(28-19-17-26(7-2)18-20-28)39(37,38)29-11-9-8-10-12-29/h8-20,24-25H,6-7,21-22H2,1-5H3,(H,32,36)/t24-,25+/m0/s1. The van der Waals surface area contributed by atoms with Gasteiger partial charge in [0.25, 0.3) is 10.0 Å². The summed E-state index contributed by atoms with van der Waals surface area (Å²) in [6.07, 6.45) is 1.55. The molecule has 0 saturated carbocycles. The summed E-state index contributed by atoms with van der Waals surface area (Å²) in [4.78, 5) is 28.6. The molecule has 208 valence electrons. The summed E-state index contributed by atoms with van der Waals surface area (Å²) in [6.45, 7) is 9.27. The summed E-state index contributed by atoms with van der Waals surface area (Å²) >= 11 is 0. The van der Waals surface area contributed by atoms with Gasteiger partial charge in [0, 0.05) is 12.6 Å². The van der Waals surface area contributed by atoms with Gasteiger partial charge < -0.3 is 10.2 Å². The van der Waals surface area contributed by atoms with Crippen LogP contribution in [0.5, 0.6) is 0 Å². The maximum absolute atomic E-state index is 13.9. The molecule has 2 atom stereocenters. The number of carbonyl (C=O) groups excluding carboxylic acids is 2. The van der Waals surface area contributed by atoms with Gasteiger partial charge in [-0.15, -0.1) is 0 Å². The Balaban J connectivity index is 2.01. The van der Waals surface area contributed by atoms with Crippen LogP contribution in [0.2, 0.25) is 0 Å². The molecule has 7 nitrogen and oxygen atoms in total. The van der Waals surface area contributed by atoms with Crippen molar-refractivity contribution in [2.24, 2.45) is 0 Å². The first-order chi connectivity index (χ1) is 18.6. The van der Waals surface area contributed by atoms with Crippen molar-refractivity contribution in [2.75, 3.05) is 10.8 Å². The van der Waals surface area contributed by atoms with E-state index < -0.39 is 28.5 Å². The minimum absolute atomic E-state index is 0.0525. The second-order valence-corrected chi connectivity index (χ2v) is 11.7. The highest BCUT2D eigenvalue weighted by molar-refractivity contribution is 7.92. The van der Waals surface area contributed by atoms with Crippen LogP contribution in [-0.2, 0) is 32.6 Å². The van der Waals surface area contributed by atoms with E-state index in [4.69, 9.17) is 0 Å². The average molecular weight is 550 g/mol. The highest BCUT2D eigenvalue weighted by atomic mass is 32.2. The van der Waals surface area contributed by atoms with Gasteiger partial charge in [0.05, 0.1) is 10.6 Å². The lowest BCUT2D eigenvalue weighted by atomic mass is 10.1. The third-order valence-corrected chi connectivity index (χ3v) is 8.67. The van der Waals surface area contributed by atoms with Gasteiger partial charge in [-0.05, 0) is 69.0 Å². The van der Waals surface area contributed by atoms with E-state index in [-0.39, 0.29) is 23.4 Å². The number of nitrogens with one attached hydrogen (secondary N) is 1. The largest absolute Gasteiger partial charge is 0.352 e. The van der Waals surface area contributed by atoms with Crippen LogP contribution in [0.3, 0.4) is 0 Å². The molecule has 1 N–H and O–H groups in total. The van der Waals surface area contributed by atoms with Crippen LogP contribution in [0.1, 0.15) is 50.8 Å². The molecule has 0 unspecified atom stereocenters. The molecule has 0 heterocycles. The maximum atomic E-state index is 13.9. The van der Waals surface area contributed by atoms with Gasteiger partial charge in [0.15, 0.2) is 0 Å². The lowest BCUT2D eigenvalue weighted by Crippen LogP contribution is -2.52. The molecule has 0 aromatic heterocycles. The molecular formula is C31H39N3O4S. The number of nitrogens with zero attached hydrogens (tertiary/aromatic N) is 2. The van der Waals surface area contributed by atoms with Gasteiger partial charge in [-0.1, -0.05) is 74.0 Å². The third-order valence-electron chi connectivity index (χ3n) is 6.88. The van der Waals surface area contributed by atoms with E-state index in [1.54, 1.807) is 37.3 Å². The first-order valence-electron chi connectivity index (χ1n) is 13.4. The molecule has 39 heavy (non-hydrogen) atoms. The van der Waals surface area contributed by atoms with E-state index in [1.807, 2.05) is 64.1 Å². The topological polar surface area (TPSA) is 86.8 Å². The van der Waals surface area contributed by atoms with Gasteiger partial charge >= 0.3 is 0 Å². The molecule has 0 aliphatic rings. The quantitative estimate of drug-likeness (QED) is 0.341. The molecule has 0 saturated heterocycles. The summed E-state index contributed by atoms with van der Waals surface area (Å²) in [5, 5.41) is 2.95. The number of benzene rings is 3. The van der Waals surface area contributed by atoms with Crippen molar-refractivity contribution < 1.29 is 18.0 Å². The van der Waals surface area contributed by atoms with E-state index in [0.717, 1.165) is 33.8 Å². The molecule has 0 aliphatic carbocycles. The number of hydrogen-bond acceptors (Lipinski definition) is 4. The predicted octanol–water partition coefficient (Wildman–Crippen LogP) is 5.08. The highest BCUT2D eigenvalue weighted by Crippen LogP contribution is 2.25. The molecule has 0 radical (unpaired) electrons. The molecule has 3 rings (SSSR count). The van der Waals surface area contributed by atoms with E-state index in [2.05, 4.69) is 5.32 Å². The summed E-state index contributed by atoms with van der Waals surface area (Å²) in [5.41, 5.74) is 3.37. The van der Waals surface area contributed by atoms with Crippen molar-refractivity contribution in [3.05, 3.63) is 95.6 Å². The Hall–Kier alpha value is -3.65. The van der Waals surface area contributed by atoms with Gasteiger partial charge in [0.1, 0.15) is 12.6 Å². The SMILES string of the molecule is CCc1ccc(N(CC(=O)N(Cc2ccc(C)cc2)[C@H](C)C(=O)N[C@@H](C)CC)S(=O)(=O)c2ccccc2)cc1. The summed E-state index contributed by atoms with van der Waals surface area (Å²) in [7, 11) is -4.06. The number of rotatable bonds is 12. The van der Waals surface area contributed by atoms with Crippen LogP contribution in [0, 0.1) is 6.92 Å². The highest BCUT2D eigenvalue weighted by Gasteiger charge is 2.32. The van der Waals surface area contributed by atoms with Gasteiger partial charge in [-0.3, -0.25) is 13.9 Å². The lowest BCUT2D eigenvalue weighted by Gasteiger charge is -2.32. The summed E-state index contributed by atoms with van der Waals surface area (Å²) in [5.74, 6) is -0.754. The monoisotopic (exact) mass is 549 g/mol. The minimum Gasteiger partial charge on any atom is -0.352 e. The van der Waals surface area contributed by atoms with Crippen molar-refractivity contribution in [1.82, 2.24) is 10.2 Å². The number of aryl methyl sites for hydroxylation is 2. The predicted molar refractivity (Wildman–Crippen MR) is 156 cm³/mol. The van der Waals surface area contributed by atoms with Crippen molar-refractivity contribution >= 4 is 27.5 Å². The Kier molecular flexibility index (Phi) is 10.3. The van der Waals surface area contributed by atoms with Crippen LogP contribution in [0.4, 0.5) is 5.69 Å². The smallest absolute Gasteiger partial charge is 0.264 e. The maximum Gasteiger partial charge on any atom is 0.264 e. The van der Waals surface area contributed by atoms with E-state index in [0.29, 0.717) is 5.69 Å². The Morgan fingerprint density at radius 2 is 1.44 bits per heavy atom. The zero-order valence-electron chi connectivity index (χ0n) is 23.4. The fourth-order valence-electron chi connectivity index (χ4n) is 4.08. The van der Waals surface area contributed by atoms with Crippen LogP contribution in [0.25, 0.3) is 0 Å². The first-order valence-corrected chi connectivity index (χ1v) is 14.8. The molecule has 8 heteroatoms. The van der Waals surface area contributed by atoms with Gasteiger partial charge in [-0.2, -0.15) is 0 Å². The number of amides is 2. The van der Waals surface area contributed by atoms with E-state index in [1.165, 1.54) is 17.0 Å². The number of anilines is 1. The molecule has 0 spiro atoms. The average Bonchev–Trinajstić information content (AvgIpc) is 2.95. The summed E-state index contributed by atoms with van der Waals surface area (Å²) < 4.78 is 28.7. The second kappa shape index (κ2) is 13.4. The normalized spacial score (nSPS) is 12.8.